The molecule has 0 aromatic heterocycles. The smallest absolute Gasteiger partial charge is 0.161 e. The Labute approximate surface area is 126 Å². The molecule has 21 heavy (non-hydrogen) atoms. The van der Waals surface area contributed by atoms with Crippen LogP contribution in [-0.2, 0) is 0 Å². The SMILES string of the molecule is CCN1CCN(CCOc2ccc(C=O)cc2OC)CC1. The van der Waals surface area contributed by atoms with E-state index >= 15 is 0 Å². The Morgan fingerprint density at radius 1 is 1.14 bits per heavy atom. The number of piperazine rings is 1. The first kappa shape index (κ1) is 15.8. The first-order chi connectivity index (χ1) is 10.3. The Balaban J connectivity index is 1.79. The fourth-order valence-electron chi connectivity index (χ4n) is 2.49. The van der Waals surface area contributed by atoms with Crippen LogP contribution in [0.4, 0.5) is 0 Å². The number of ether oxygens (including phenoxy) is 2. The van der Waals surface area contributed by atoms with Crippen molar-refractivity contribution in [3.8, 4) is 11.5 Å². The van der Waals surface area contributed by atoms with Gasteiger partial charge in [0.05, 0.1) is 7.11 Å². The predicted octanol–water partition coefficient (Wildman–Crippen LogP) is 1.52. The minimum atomic E-state index is 0.592. The molecule has 1 fully saturated rings. The third kappa shape index (κ3) is 4.44. The Bertz CT molecular complexity index is 457. The van der Waals surface area contributed by atoms with Crippen LogP contribution in [0.25, 0.3) is 0 Å². The highest BCUT2D eigenvalue weighted by atomic mass is 16.5. The van der Waals surface area contributed by atoms with Gasteiger partial charge in [-0.1, -0.05) is 6.92 Å². The van der Waals surface area contributed by atoms with Crippen molar-refractivity contribution in [3.05, 3.63) is 23.8 Å². The lowest BCUT2D eigenvalue weighted by atomic mass is 10.2. The van der Waals surface area contributed by atoms with E-state index in [9.17, 15) is 4.79 Å². The van der Waals surface area contributed by atoms with Crippen molar-refractivity contribution < 1.29 is 14.3 Å². The molecule has 1 aromatic carbocycles. The highest BCUT2D eigenvalue weighted by Crippen LogP contribution is 2.27. The molecule has 5 nitrogen and oxygen atoms in total. The zero-order valence-electron chi connectivity index (χ0n) is 12.9. The molecule has 0 N–H and O–H groups in total. The van der Waals surface area contributed by atoms with Gasteiger partial charge in [-0.25, -0.2) is 0 Å². The van der Waals surface area contributed by atoms with E-state index in [1.807, 2.05) is 0 Å². The van der Waals surface area contributed by atoms with Crippen LogP contribution in [-0.4, -0.2) is 69.1 Å². The second-order valence-corrected chi connectivity index (χ2v) is 5.15. The van der Waals surface area contributed by atoms with Crippen LogP contribution in [0, 0.1) is 0 Å². The van der Waals surface area contributed by atoms with Crippen LogP contribution in [0.2, 0.25) is 0 Å². The Morgan fingerprint density at radius 3 is 2.48 bits per heavy atom. The number of rotatable bonds is 7. The van der Waals surface area contributed by atoms with Gasteiger partial charge >= 0.3 is 0 Å². The van der Waals surface area contributed by atoms with Gasteiger partial charge in [-0.15, -0.1) is 0 Å². The molecule has 0 amide bonds. The van der Waals surface area contributed by atoms with Gasteiger partial charge in [0, 0.05) is 38.3 Å². The lowest BCUT2D eigenvalue weighted by Crippen LogP contribution is -2.47. The van der Waals surface area contributed by atoms with Crippen molar-refractivity contribution >= 4 is 6.29 Å². The molecule has 0 atom stereocenters. The molecule has 0 unspecified atom stereocenters. The van der Waals surface area contributed by atoms with Crippen LogP contribution in [0.3, 0.4) is 0 Å². The van der Waals surface area contributed by atoms with E-state index in [4.69, 9.17) is 9.47 Å². The molecule has 1 aromatic rings. The quantitative estimate of drug-likeness (QED) is 0.713. The number of hydrogen-bond donors (Lipinski definition) is 0. The van der Waals surface area contributed by atoms with Gasteiger partial charge in [-0.2, -0.15) is 0 Å². The monoisotopic (exact) mass is 292 g/mol. The molecule has 116 valence electrons. The average Bonchev–Trinajstić information content (AvgIpc) is 2.55. The summed E-state index contributed by atoms with van der Waals surface area (Å²) in [7, 11) is 1.58. The maximum absolute atomic E-state index is 10.8. The van der Waals surface area contributed by atoms with Crippen LogP contribution in [0.15, 0.2) is 18.2 Å². The van der Waals surface area contributed by atoms with Gasteiger partial charge in [-0.05, 0) is 24.7 Å². The summed E-state index contributed by atoms with van der Waals surface area (Å²) in [6.07, 6.45) is 0.805. The van der Waals surface area contributed by atoms with Gasteiger partial charge in [0.15, 0.2) is 11.5 Å². The van der Waals surface area contributed by atoms with E-state index in [1.54, 1.807) is 25.3 Å². The van der Waals surface area contributed by atoms with Crippen molar-refractivity contribution in [1.82, 2.24) is 9.80 Å². The summed E-state index contributed by atoms with van der Waals surface area (Å²) >= 11 is 0. The van der Waals surface area contributed by atoms with E-state index in [2.05, 4.69) is 16.7 Å². The van der Waals surface area contributed by atoms with Gasteiger partial charge in [0.25, 0.3) is 0 Å². The molecule has 0 bridgehead atoms. The van der Waals surface area contributed by atoms with Crippen molar-refractivity contribution in [1.29, 1.82) is 0 Å². The van der Waals surface area contributed by atoms with Crippen molar-refractivity contribution in [3.63, 3.8) is 0 Å². The summed E-state index contributed by atoms with van der Waals surface area (Å²) in [5.41, 5.74) is 0.592. The van der Waals surface area contributed by atoms with Crippen LogP contribution < -0.4 is 9.47 Å². The van der Waals surface area contributed by atoms with Crippen molar-refractivity contribution in [2.45, 2.75) is 6.92 Å². The first-order valence-corrected chi connectivity index (χ1v) is 7.47. The van der Waals surface area contributed by atoms with Crippen LogP contribution >= 0.6 is 0 Å². The van der Waals surface area contributed by atoms with Crippen molar-refractivity contribution in [2.75, 3.05) is 53.0 Å². The van der Waals surface area contributed by atoms with Gasteiger partial charge < -0.3 is 14.4 Å². The van der Waals surface area contributed by atoms with E-state index in [-0.39, 0.29) is 0 Å². The highest BCUT2D eigenvalue weighted by Gasteiger charge is 2.15. The number of aldehydes is 1. The second-order valence-electron chi connectivity index (χ2n) is 5.15. The Kier molecular flexibility index (Phi) is 6.02. The molecule has 1 saturated heterocycles. The highest BCUT2D eigenvalue weighted by molar-refractivity contribution is 5.76. The van der Waals surface area contributed by atoms with Crippen molar-refractivity contribution in [2.24, 2.45) is 0 Å². The molecular formula is C16H24N2O3. The van der Waals surface area contributed by atoms with E-state index in [1.165, 1.54) is 0 Å². The first-order valence-electron chi connectivity index (χ1n) is 7.47. The molecule has 0 spiro atoms. The number of carbonyl (C=O) groups is 1. The second kappa shape index (κ2) is 8.00. The minimum absolute atomic E-state index is 0.592. The van der Waals surface area contributed by atoms with Gasteiger partial charge in [0.1, 0.15) is 12.9 Å². The number of methoxy groups -OCH3 is 1. The molecule has 1 aliphatic rings. The number of carbonyl (C=O) groups excluding carboxylic acids is 1. The number of likely N-dealkylation sites (N-methyl/N-ethyl adjacent to an activating group) is 1. The number of benzene rings is 1. The fraction of sp³-hybridized carbons (Fsp3) is 0.562. The molecule has 2 rings (SSSR count). The van der Waals surface area contributed by atoms with Crippen LogP contribution in [0.5, 0.6) is 11.5 Å². The maximum Gasteiger partial charge on any atom is 0.161 e. The fourth-order valence-corrected chi connectivity index (χ4v) is 2.49. The number of hydrogen-bond acceptors (Lipinski definition) is 5. The van der Waals surface area contributed by atoms with E-state index in [0.717, 1.165) is 45.6 Å². The molecule has 1 aliphatic heterocycles. The summed E-state index contributed by atoms with van der Waals surface area (Å²) in [6.45, 7) is 9.33. The summed E-state index contributed by atoms with van der Waals surface area (Å²) in [6, 6.07) is 5.23. The lowest BCUT2D eigenvalue weighted by molar-refractivity contribution is 0.112. The summed E-state index contributed by atoms with van der Waals surface area (Å²) < 4.78 is 11.0. The summed E-state index contributed by atoms with van der Waals surface area (Å²) in [5.74, 6) is 1.30. The molecule has 1 heterocycles. The molecule has 0 aliphatic carbocycles. The van der Waals surface area contributed by atoms with E-state index in [0.29, 0.717) is 23.7 Å². The largest absolute Gasteiger partial charge is 0.493 e. The average molecular weight is 292 g/mol. The molecular weight excluding hydrogens is 268 g/mol. The molecule has 0 radical (unpaired) electrons. The third-order valence-electron chi connectivity index (χ3n) is 3.90. The van der Waals surface area contributed by atoms with E-state index < -0.39 is 0 Å². The lowest BCUT2D eigenvalue weighted by Gasteiger charge is -2.33. The topological polar surface area (TPSA) is 42.0 Å². The zero-order valence-corrected chi connectivity index (χ0v) is 12.9. The molecule has 0 saturated carbocycles. The Hall–Kier alpha value is -1.59. The summed E-state index contributed by atoms with van der Waals surface area (Å²) in [5, 5.41) is 0. The normalized spacial score (nSPS) is 16.7. The zero-order chi connectivity index (χ0) is 15.1. The van der Waals surface area contributed by atoms with Crippen LogP contribution in [0.1, 0.15) is 17.3 Å². The van der Waals surface area contributed by atoms with Gasteiger partial charge in [0.2, 0.25) is 0 Å². The number of nitrogens with zero attached hydrogens (tertiary/aromatic N) is 2. The minimum Gasteiger partial charge on any atom is -0.493 e. The standard InChI is InChI=1S/C16H24N2O3/c1-3-17-6-8-18(9-7-17)10-11-21-15-5-4-14(13-19)12-16(15)20-2/h4-5,12-13H,3,6-11H2,1-2H3. The molecule has 5 heteroatoms. The maximum atomic E-state index is 10.8. The third-order valence-corrected chi connectivity index (χ3v) is 3.90. The Morgan fingerprint density at radius 2 is 1.86 bits per heavy atom. The predicted molar refractivity (Wildman–Crippen MR) is 82.4 cm³/mol. The summed E-state index contributed by atoms with van der Waals surface area (Å²) in [4.78, 5) is 15.6. The van der Waals surface area contributed by atoms with Gasteiger partial charge in [-0.3, -0.25) is 9.69 Å².